The van der Waals surface area contributed by atoms with Crippen LogP contribution in [0.15, 0.2) is 18.2 Å². The molecule has 0 saturated heterocycles. The van der Waals surface area contributed by atoms with Gasteiger partial charge in [0.05, 0.1) is 11.6 Å². The van der Waals surface area contributed by atoms with E-state index in [1.54, 1.807) is 19.2 Å². The lowest BCUT2D eigenvalue weighted by molar-refractivity contribution is -0.100. The summed E-state index contributed by atoms with van der Waals surface area (Å²) >= 11 is 0. The van der Waals surface area contributed by atoms with Gasteiger partial charge < -0.3 is 4.74 Å². The van der Waals surface area contributed by atoms with E-state index in [9.17, 15) is 4.39 Å². The molecule has 0 heterocycles. The highest BCUT2D eigenvalue weighted by Gasteiger charge is 2.45. The Bertz CT molecular complexity index is 399. The van der Waals surface area contributed by atoms with Crippen molar-refractivity contribution in [2.24, 2.45) is 5.84 Å². The summed E-state index contributed by atoms with van der Waals surface area (Å²) in [6.07, 6.45) is 3.03. The molecule has 2 rings (SSSR count). The SMILES string of the molecule is COC1(C(NN)c2cc(F)ccc2C)CCC1. The van der Waals surface area contributed by atoms with Crippen LogP contribution in [-0.4, -0.2) is 12.7 Å². The van der Waals surface area contributed by atoms with Crippen molar-refractivity contribution < 1.29 is 9.13 Å². The first-order valence-electron chi connectivity index (χ1n) is 5.90. The smallest absolute Gasteiger partial charge is 0.123 e. The number of benzene rings is 1. The average molecular weight is 238 g/mol. The Morgan fingerprint density at radius 1 is 1.47 bits per heavy atom. The van der Waals surface area contributed by atoms with E-state index >= 15 is 0 Å². The summed E-state index contributed by atoms with van der Waals surface area (Å²) in [5.74, 6) is 5.40. The van der Waals surface area contributed by atoms with Gasteiger partial charge >= 0.3 is 0 Å². The predicted molar refractivity (Wildman–Crippen MR) is 64.8 cm³/mol. The molecule has 0 bridgehead atoms. The van der Waals surface area contributed by atoms with Gasteiger partial charge in [0.15, 0.2) is 0 Å². The maximum atomic E-state index is 13.3. The third kappa shape index (κ3) is 2.08. The third-order valence-corrected chi connectivity index (χ3v) is 3.85. The van der Waals surface area contributed by atoms with Gasteiger partial charge in [-0.3, -0.25) is 11.3 Å². The molecule has 94 valence electrons. The molecule has 3 N–H and O–H groups in total. The fourth-order valence-electron chi connectivity index (χ4n) is 2.58. The first-order valence-corrected chi connectivity index (χ1v) is 5.90. The van der Waals surface area contributed by atoms with E-state index in [0.717, 1.165) is 30.4 Å². The molecule has 0 aromatic heterocycles. The van der Waals surface area contributed by atoms with Crippen LogP contribution >= 0.6 is 0 Å². The van der Waals surface area contributed by atoms with Gasteiger partial charge in [-0.15, -0.1) is 0 Å². The van der Waals surface area contributed by atoms with Gasteiger partial charge in [-0.25, -0.2) is 4.39 Å². The first kappa shape index (κ1) is 12.5. The largest absolute Gasteiger partial charge is 0.376 e. The fraction of sp³-hybridized carbons (Fsp3) is 0.538. The van der Waals surface area contributed by atoms with Crippen molar-refractivity contribution in [3.8, 4) is 0 Å². The second kappa shape index (κ2) is 4.72. The van der Waals surface area contributed by atoms with Crippen LogP contribution in [0.25, 0.3) is 0 Å². The summed E-state index contributed by atoms with van der Waals surface area (Å²) in [4.78, 5) is 0. The molecule has 1 aliphatic rings. The molecule has 1 saturated carbocycles. The summed E-state index contributed by atoms with van der Waals surface area (Å²) in [6.45, 7) is 1.96. The average Bonchev–Trinajstić information content (AvgIpc) is 2.27. The van der Waals surface area contributed by atoms with Crippen molar-refractivity contribution in [1.82, 2.24) is 5.43 Å². The summed E-state index contributed by atoms with van der Waals surface area (Å²) < 4.78 is 19.0. The van der Waals surface area contributed by atoms with E-state index in [0.29, 0.717) is 0 Å². The minimum absolute atomic E-state index is 0.156. The topological polar surface area (TPSA) is 47.3 Å². The van der Waals surface area contributed by atoms with Crippen LogP contribution in [0.1, 0.15) is 36.4 Å². The molecule has 0 spiro atoms. The minimum atomic E-state index is -0.284. The highest BCUT2D eigenvalue weighted by molar-refractivity contribution is 5.32. The van der Waals surface area contributed by atoms with Crippen LogP contribution in [0.4, 0.5) is 4.39 Å². The monoisotopic (exact) mass is 238 g/mol. The molecule has 1 fully saturated rings. The summed E-state index contributed by atoms with van der Waals surface area (Å²) in [5, 5.41) is 0. The number of nitrogens with one attached hydrogen (secondary N) is 1. The van der Waals surface area contributed by atoms with Gasteiger partial charge in [-0.05, 0) is 49.4 Å². The molecule has 4 heteroatoms. The van der Waals surface area contributed by atoms with Crippen LogP contribution < -0.4 is 11.3 Å². The molecule has 1 aliphatic carbocycles. The number of hydrogen-bond donors (Lipinski definition) is 2. The standard InChI is InChI=1S/C13H19FN2O/c1-9-4-5-10(14)8-11(9)12(16-15)13(17-2)6-3-7-13/h4-5,8,12,16H,3,6-7,15H2,1-2H3. The Morgan fingerprint density at radius 3 is 2.65 bits per heavy atom. The lowest BCUT2D eigenvalue weighted by atomic mass is 9.72. The van der Waals surface area contributed by atoms with Crippen molar-refractivity contribution in [3.05, 3.63) is 35.1 Å². The van der Waals surface area contributed by atoms with E-state index in [1.165, 1.54) is 6.07 Å². The van der Waals surface area contributed by atoms with Crippen LogP contribution in [0.2, 0.25) is 0 Å². The van der Waals surface area contributed by atoms with Crippen LogP contribution in [0.5, 0.6) is 0 Å². The van der Waals surface area contributed by atoms with E-state index in [1.807, 2.05) is 6.92 Å². The van der Waals surface area contributed by atoms with Crippen molar-refractivity contribution in [2.45, 2.75) is 37.8 Å². The number of hydrogen-bond acceptors (Lipinski definition) is 3. The van der Waals surface area contributed by atoms with Crippen molar-refractivity contribution in [1.29, 1.82) is 0 Å². The van der Waals surface area contributed by atoms with Crippen LogP contribution in [0.3, 0.4) is 0 Å². The molecule has 1 atom stereocenters. The van der Waals surface area contributed by atoms with Crippen LogP contribution in [0, 0.1) is 12.7 Å². The van der Waals surface area contributed by atoms with Gasteiger partial charge in [0.1, 0.15) is 5.82 Å². The zero-order valence-electron chi connectivity index (χ0n) is 10.3. The molecule has 17 heavy (non-hydrogen) atoms. The minimum Gasteiger partial charge on any atom is -0.376 e. The second-order valence-electron chi connectivity index (χ2n) is 4.72. The van der Waals surface area contributed by atoms with Crippen molar-refractivity contribution in [2.75, 3.05) is 7.11 Å². The molecular formula is C13H19FN2O. The highest BCUT2D eigenvalue weighted by atomic mass is 19.1. The van der Waals surface area contributed by atoms with Gasteiger partial charge in [0.25, 0.3) is 0 Å². The first-order chi connectivity index (χ1) is 8.13. The molecule has 1 unspecified atom stereocenters. The van der Waals surface area contributed by atoms with Gasteiger partial charge in [0, 0.05) is 7.11 Å². The van der Waals surface area contributed by atoms with E-state index in [2.05, 4.69) is 5.43 Å². The molecule has 0 aliphatic heterocycles. The summed E-state index contributed by atoms with van der Waals surface area (Å²) in [7, 11) is 1.69. The quantitative estimate of drug-likeness (QED) is 0.624. The maximum absolute atomic E-state index is 13.3. The number of nitrogens with two attached hydrogens (primary N) is 1. The summed E-state index contributed by atoms with van der Waals surface area (Å²) in [5.41, 5.74) is 4.41. The Labute approximate surface area is 101 Å². The van der Waals surface area contributed by atoms with Gasteiger partial charge in [-0.2, -0.15) is 0 Å². The lowest BCUT2D eigenvalue weighted by Crippen LogP contribution is -2.52. The number of methoxy groups -OCH3 is 1. The van der Waals surface area contributed by atoms with Crippen molar-refractivity contribution in [3.63, 3.8) is 0 Å². The normalized spacial score (nSPS) is 19.8. The number of hydrazine groups is 1. The number of halogens is 1. The Hall–Kier alpha value is -0.970. The number of aryl methyl sites for hydroxylation is 1. The molecule has 1 aromatic carbocycles. The molecular weight excluding hydrogens is 219 g/mol. The molecule has 3 nitrogen and oxygen atoms in total. The zero-order valence-corrected chi connectivity index (χ0v) is 10.3. The van der Waals surface area contributed by atoms with E-state index < -0.39 is 0 Å². The molecule has 0 amide bonds. The molecule has 1 aromatic rings. The Balaban J connectivity index is 2.37. The maximum Gasteiger partial charge on any atom is 0.123 e. The second-order valence-corrected chi connectivity index (χ2v) is 4.72. The fourth-order valence-corrected chi connectivity index (χ4v) is 2.58. The summed E-state index contributed by atoms with van der Waals surface area (Å²) in [6, 6.07) is 4.62. The van der Waals surface area contributed by atoms with E-state index in [-0.39, 0.29) is 17.5 Å². The van der Waals surface area contributed by atoms with Crippen molar-refractivity contribution >= 4 is 0 Å². The third-order valence-electron chi connectivity index (χ3n) is 3.85. The zero-order chi connectivity index (χ0) is 12.5. The van der Waals surface area contributed by atoms with Crippen LogP contribution in [-0.2, 0) is 4.74 Å². The van der Waals surface area contributed by atoms with E-state index in [4.69, 9.17) is 10.6 Å². The predicted octanol–water partition coefficient (Wildman–Crippen LogP) is 2.21. The molecule has 0 radical (unpaired) electrons. The lowest BCUT2D eigenvalue weighted by Gasteiger charge is -2.46. The number of ether oxygens (including phenoxy) is 1. The highest BCUT2D eigenvalue weighted by Crippen LogP contribution is 2.45. The number of rotatable bonds is 4. The Morgan fingerprint density at radius 2 is 2.18 bits per heavy atom. The van der Waals surface area contributed by atoms with Gasteiger partial charge in [-0.1, -0.05) is 6.07 Å². The Kier molecular flexibility index (Phi) is 3.47. The van der Waals surface area contributed by atoms with Gasteiger partial charge in [0.2, 0.25) is 0 Å².